The number of carbonyl (C=O) groups is 2. The Morgan fingerprint density at radius 2 is 0.917 bits per heavy atom. The van der Waals surface area contributed by atoms with Crippen LogP contribution in [0.5, 0.6) is 34.5 Å². The number of nitrogens with one attached hydrogen (secondary N) is 2. The van der Waals surface area contributed by atoms with Gasteiger partial charge in [-0.2, -0.15) is 0 Å². The molecule has 0 saturated heterocycles. The number of hydrogen-bond donors (Lipinski definition) is 6. The van der Waals surface area contributed by atoms with E-state index in [-0.39, 0.29) is 48.9 Å². The maximum Gasteiger partial charge on any atom is 0.255 e. The van der Waals surface area contributed by atoms with Crippen LogP contribution in [-0.4, -0.2) is 58.5 Å². The molecule has 0 radical (unpaired) electrons. The summed E-state index contributed by atoms with van der Waals surface area (Å²) in [6.07, 6.45) is 0. The molecule has 10 nitrogen and oxygen atoms in total. The molecule has 0 aliphatic carbocycles. The minimum absolute atomic E-state index is 0.0474. The Balaban J connectivity index is 1.27. The largest absolute Gasteiger partial charge is 0.504 e. The van der Waals surface area contributed by atoms with E-state index in [0.717, 1.165) is 32.7 Å². The molecule has 242 valence electrons. The topological polar surface area (TPSA) is 158 Å². The van der Waals surface area contributed by atoms with Gasteiger partial charge in [-0.3, -0.25) is 9.59 Å². The van der Waals surface area contributed by atoms with E-state index in [1.54, 1.807) is 0 Å². The highest BCUT2D eigenvalue weighted by Gasteiger charge is 2.20. The number of hydrogen-bond acceptors (Lipinski definition) is 8. The van der Waals surface area contributed by atoms with Gasteiger partial charge in [-0.25, -0.2) is 0 Å². The predicted molar refractivity (Wildman–Crippen MR) is 182 cm³/mol. The van der Waals surface area contributed by atoms with Gasteiger partial charge in [0.25, 0.3) is 11.8 Å². The quantitative estimate of drug-likeness (QED) is 0.0730. The van der Waals surface area contributed by atoms with Crippen LogP contribution in [0.4, 0.5) is 0 Å². The fraction of sp³-hybridized carbons (Fsp3) is 0.105. The number of rotatable bonds is 11. The number of benzene rings is 6. The van der Waals surface area contributed by atoms with Crippen LogP contribution in [0.3, 0.4) is 0 Å². The summed E-state index contributed by atoms with van der Waals surface area (Å²) >= 11 is 0. The maximum atomic E-state index is 12.7. The SMILES string of the molecule is O=C(NCCOc1ccc2ccccc2c1-c1c(OCCNC(=O)c2cccc(O)c2O)ccc2ccccc12)c1cccc(O)c1O. The summed E-state index contributed by atoms with van der Waals surface area (Å²) in [6.45, 7) is 0.443. The van der Waals surface area contributed by atoms with Gasteiger partial charge in [0.1, 0.15) is 24.7 Å². The Labute approximate surface area is 275 Å². The average molecular weight is 645 g/mol. The average Bonchev–Trinajstić information content (AvgIpc) is 3.10. The molecular formula is C38H32N2O8. The molecular weight excluding hydrogens is 612 g/mol. The Kier molecular flexibility index (Phi) is 9.15. The molecule has 2 amide bonds. The number of para-hydroxylation sites is 2. The molecule has 48 heavy (non-hydrogen) atoms. The summed E-state index contributed by atoms with van der Waals surface area (Å²) in [5.41, 5.74) is 1.47. The molecule has 0 heterocycles. The fourth-order valence-corrected chi connectivity index (χ4v) is 5.53. The molecule has 0 aliphatic heterocycles. The van der Waals surface area contributed by atoms with E-state index in [0.29, 0.717) is 11.5 Å². The first kappa shape index (κ1) is 31.6. The van der Waals surface area contributed by atoms with E-state index >= 15 is 0 Å². The highest BCUT2D eigenvalue weighted by atomic mass is 16.5. The van der Waals surface area contributed by atoms with Crippen LogP contribution in [0.25, 0.3) is 32.7 Å². The molecule has 0 atom stereocenters. The maximum absolute atomic E-state index is 12.7. The lowest BCUT2D eigenvalue weighted by Gasteiger charge is -2.20. The van der Waals surface area contributed by atoms with Crippen LogP contribution in [0.1, 0.15) is 20.7 Å². The number of carbonyl (C=O) groups excluding carboxylic acids is 2. The molecule has 6 rings (SSSR count). The Hall–Kier alpha value is -6.42. The molecule has 6 N–H and O–H groups in total. The number of amides is 2. The number of fused-ring (bicyclic) bond motifs is 2. The molecule has 0 aromatic heterocycles. The van der Waals surface area contributed by atoms with Gasteiger partial charge in [-0.05, 0) is 57.9 Å². The zero-order valence-electron chi connectivity index (χ0n) is 25.6. The van der Waals surface area contributed by atoms with Crippen LogP contribution in [-0.2, 0) is 0 Å². The van der Waals surface area contributed by atoms with Crippen molar-refractivity contribution in [1.82, 2.24) is 10.6 Å². The molecule has 0 fully saturated rings. The first-order valence-electron chi connectivity index (χ1n) is 15.2. The summed E-state index contributed by atoms with van der Waals surface area (Å²) < 4.78 is 12.6. The normalized spacial score (nSPS) is 10.9. The van der Waals surface area contributed by atoms with Crippen molar-refractivity contribution in [3.63, 3.8) is 0 Å². The van der Waals surface area contributed by atoms with Gasteiger partial charge >= 0.3 is 0 Å². The lowest BCUT2D eigenvalue weighted by atomic mass is 9.92. The van der Waals surface area contributed by atoms with Crippen molar-refractivity contribution in [2.24, 2.45) is 0 Å². The third kappa shape index (κ3) is 6.45. The highest BCUT2D eigenvalue weighted by Crippen LogP contribution is 2.45. The van der Waals surface area contributed by atoms with Crippen molar-refractivity contribution in [3.8, 4) is 45.6 Å². The fourth-order valence-electron chi connectivity index (χ4n) is 5.53. The molecule has 10 heteroatoms. The third-order valence-electron chi connectivity index (χ3n) is 7.84. The predicted octanol–water partition coefficient (Wildman–Crippen LogP) is 6.10. The van der Waals surface area contributed by atoms with E-state index < -0.39 is 23.3 Å². The second-order valence-corrected chi connectivity index (χ2v) is 10.9. The minimum atomic E-state index is -0.554. The van der Waals surface area contributed by atoms with Gasteiger partial charge in [0, 0.05) is 11.1 Å². The van der Waals surface area contributed by atoms with Crippen LogP contribution in [0.2, 0.25) is 0 Å². The summed E-state index contributed by atoms with van der Waals surface area (Å²) in [5.74, 6) is -1.75. The van der Waals surface area contributed by atoms with Crippen molar-refractivity contribution in [1.29, 1.82) is 0 Å². The van der Waals surface area contributed by atoms with E-state index in [2.05, 4.69) is 10.6 Å². The number of ether oxygens (including phenoxy) is 2. The van der Waals surface area contributed by atoms with Gasteiger partial charge < -0.3 is 40.5 Å². The summed E-state index contributed by atoms with van der Waals surface area (Å²) in [4.78, 5) is 25.3. The van der Waals surface area contributed by atoms with Crippen LogP contribution < -0.4 is 20.1 Å². The monoisotopic (exact) mass is 644 g/mol. The first-order valence-corrected chi connectivity index (χ1v) is 15.2. The van der Waals surface area contributed by atoms with Crippen LogP contribution >= 0.6 is 0 Å². The third-order valence-corrected chi connectivity index (χ3v) is 7.84. The molecule has 0 aliphatic rings. The molecule has 0 spiro atoms. The van der Waals surface area contributed by atoms with Gasteiger partial charge in [-0.1, -0.05) is 72.8 Å². The highest BCUT2D eigenvalue weighted by molar-refractivity contribution is 6.09. The zero-order valence-corrected chi connectivity index (χ0v) is 25.6. The Morgan fingerprint density at radius 1 is 0.500 bits per heavy atom. The lowest BCUT2D eigenvalue weighted by molar-refractivity contribution is 0.0935. The summed E-state index contributed by atoms with van der Waals surface area (Å²) in [6, 6.07) is 31.8. The van der Waals surface area contributed by atoms with Crippen molar-refractivity contribution in [2.75, 3.05) is 26.3 Å². The minimum Gasteiger partial charge on any atom is -0.504 e. The van der Waals surface area contributed by atoms with Gasteiger partial charge in [0.05, 0.1) is 24.2 Å². The van der Waals surface area contributed by atoms with E-state index in [4.69, 9.17) is 9.47 Å². The van der Waals surface area contributed by atoms with Crippen molar-refractivity contribution >= 4 is 33.4 Å². The number of aromatic hydroxyl groups is 4. The van der Waals surface area contributed by atoms with E-state index in [9.17, 15) is 30.0 Å². The van der Waals surface area contributed by atoms with Gasteiger partial charge in [-0.15, -0.1) is 0 Å². The van der Waals surface area contributed by atoms with Gasteiger partial charge in [0.15, 0.2) is 23.0 Å². The standard InChI is InChI=1S/C38H32N2O8/c41-29-13-5-11-27(35(29)43)37(45)39-19-21-47-31-17-15-23-7-1-3-9-25(23)33(31)34-26-10-4-2-8-24(26)16-18-32(34)48-22-20-40-38(46)28-12-6-14-30(42)36(28)44/h1-18,41-44H,19-22H2,(H,39,45)(H,40,46). The Bertz CT molecular complexity index is 1990. The van der Waals surface area contributed by atoms with Crippen molar-refractivity contribution < 1.29 is 39.5 Å². The van der Waals surface area contributed by atoms with E-state index in [1.165, 1.54) is 36.4 Å². The number of phenolic OH excluding ortho intramolecular Hbond substituents is 4. The first-order chi connectivity index (χ1) is 23.3. The summed E-state index contributed by atoms with van der Waals surface area (Å²) in [5, 5.41) is 48.8. The second-order valence-electron chi connectivity index (χ2n) is 10.9. The van der Waals surface area contributed by atoms with Crippen LogP contribution in [0, 0.1) is 0 Å². The van der Waals surface area contributed by atoms with Gasteiger partial charge in [0.2, 0.25) is 0 Å². The molecule has 0 bridgehead atoms. The molecule has 0 unspecified atom stereocenters. The van der Waals surface area contributed by atoms with Crippen molar-refractivity contribution in [2.45, 2.75) is 0 Å². The lowest BCUT2D eigenvalue weighted by Crippen LogP contribution is -2.28. The smallest absolute Gasteiger partial charge is 0.255 e. The van der Waals surface area contributed by atoms with E-state index in [1.807, 2.05) is 72.8 Å². The molecule has 0 saturated carbocycles. The Morgan fingerprint density at radius 3 is 1.35 bits per heavy atom. The second kappa shape index (κ2) is 13.9. The molecule has 6 aromatic carbocycles. The molecule has 6 aromatic rings. The number of phenols is 4. The van der Waals surface area contributed by atoms with Crippen LogP contribution in [0.15, 0.2) is 109 Å². The van der Waals surface area contributed by atoms with Crippen molar-refractivity contribution in [3.05, 3.63) is 120 Å². The zero-order chi connectivity index (χ0) is 33.6. The summed E-state index contributed by atoms with van der Waals surface area (Å²) in [7, 11) is 0.